The number of rotatable bonds is 5. The first-order valence-corrected chi connectivity index (χ1v) is 6.76. The predicted molar refractivity (Wildman–Crippen MR) is 98.9 cm³/mol. The van der Waals surface area contributed by atoms with E-state index < -0.39 is 0 Å². The molecule has 0 spiro atoms. The van der Waals surface area contributed by atoms with E-state index in [1.165, 1.54) is 11.1 Å². The summed E-state index contributed by atoms with van der Waals surface area (Å²) in [6.45, 7) is 5.97. The highest BCUT2D eigenvalue weighted by molar-refractivity contribution is 14.0. The maximum Gasteiger partial charge on any atom is 0.193 e. The Labute approximate surface area is 140 Å². The van der Waals surface area contributed by atoms with Crippen LogP contribution in [0.25, 0.3) is 0 Å². The van der Waals surface area contributed by atoms with Crippen molar-refractivity contribution in [3.63, 3.8) is 0 Å². The molecule has 0 bridgehead atoms. The average Bonchev–Trinajstić information content (AvgIpc) is 2.41. The second-order valence-electron chi connectivity index (χ2n) is 4.61. The zero-order valence-electron chi connectivity index (χ0n) is 12.9. The van der Waals surface area contributed by atoms with E-state index in [9.17, 15) is 0 Å². The summed E-state index contributed by atoms with van der Waals surface area (Å²) in [5, 5.41) is 3.37. The van der Waals surface area contributed by atoms with Gasteiger partial charge < -0.3 is 10.2 Å². The molecule has 1 N–H and O–H groups in total. The van der Waals surface area contributed by atoms with Crippen LogP contribution in [0.3, 0.4) is 0 Å². The zero-order valence-corrected chi connectivity index (χ0v) is 15.2. The van der Waals surface area contributed by atoms with Gasteiger partial charge in [-0.15, -0.1) is 24.0 Å². The fourth-order valence-corrected chi connectivity index (χ4v) is 1.94. The van der Waals surface area contributed by atoms with E-state index in [4.69, 9.17) is 0 Å². The van der Waals surface area contributed by atoms with Gasteiger partial charge in [0.2, 0.25) is 0 Å². The molecule has 0 unspecified atom stereocenters. The minimum absolute atomic E-state index is 0. The molecule has 3 nitrogen and oxygen atoms in total. The summed E-state index contributed by atoms with van der Waals surface area (Å²) in [6, 6.07) is 8.46. The highest BCUT2D eigenvalue weighted by atomic mass is 127. The second-order valence-corrected chi connectivity index (χ2v) is 4.61. The van der Waals surface area contributed by atoms with Crippen molar-refractivity contribution in [1.82, 2.24) is 10.2 Å². The molecular weight excluding hydrogens is 361 g/mol. The number of allylic oxidation sites excluding steroid dienone is 1. The van der Waals surface area contributed by atoms with Crippen molar-refractivity contribution >= 4 is 29.9 Å². The van der Waals surface area contributed by atoms with Gasteiger partial charge in [-0.2, -0.15) is 0 Å². The molecular formula is C16H26IN3. The molecule has 0 aliphatic heterocycles. The minimum Gasteiger partial charge on any atom is -0.356 e. The van der Waals surface area contributed by atoms with Crippen LogP contribution >= 0.6 is 24.0 Å². The first-order chi connectivity index (χ1) is 9.19. The van der Waals surface area contributed by atoms with Crippen LogP contribution in [-0.2, 0) is 6.54 Å². The largest absolute Gasteiger partial charge is 0.356 e. The van der Waals surface area contributed by atoms with Gasteiger partial charge in [0.15, 0.2) is 5.96 Å². The van der Waals surface area contributed by atoms with E-state index in [1.807, 2.05) is 14.0 Å². The number of hydrogen-bond acceptors (Lipinski definition) is 1. The number of aryl methyl sites for hydroxylation is 1. The summed E-state index contributed by atoms with van der Waals surface area (Å²) in [5.74, 6) is 0.938. The third-order valence-electron chi connectivity index (χ3n) is 3.07. The highest BCUT2D eigenvalue weighted by Crippen LogP contribution is 2.09. The number of guanidine groups is 1. The molecule has 4 heteroatoms. The van der Waals surface area contributed by atoms with Crippen molar-refractivity contribution in [3.05, 3.63) is 47.5 Å². The van der Waals surface area contributed by atoms with Gasteiger partial charge in [-0.05, 0) is 31.4 Å². The fourth-order valence-electron chi connectivity index (χ4n) is 1.94. The molecule has 0 radical (unpaired) electrons. The van der Waals surface area contributed by atoms with Crippen LogP contribution in [0.15, 0.2) is 41.4 Å². The predicted octanol–water partition coefficient (Wildman–Crippen LogP) is 3.59. The summed E-state index contributed by atoms with van der Waals surface area (Å²) >= 11 is 0. The molecule has 0 aromatic heterocycles. The molecule has 0 aliphatic carbocycles. The summed E-state index contributed by atoms with van der Waals surface area (Å²) in [5.41, 5.74) is 2.65. The Hall–Kier alpha value is -1.04. The van der Waals surface area contributed by atoms with Gasteiger partial charge >= 0.3 is 0 Å². The van der Waals surface area contributed by atoms with Gasteiger partial charge in [-0.3, -0.25) is 4.99 Å². The number of nitrogens with one attached hydrogen (secondary N) is 1. The Kier molecular flexibility index (Phi) is 10.2. The molecule has 1 aromatic carbocycles. The van der Waals surface area contributed by atoms with Crippen molar-refractivity contribution in [2.45, 2.75) is 26.8 Å². The molecule has 0 saturated heterocycles. The van der Waals surface area contributed by atoms with Crippen LogP contribution in [0.5, 0.6) is 0 Å². The van der Waals surface area contributed by atoms with E-state index in [-0.39, 0.29) is 24.0 Å². The normalized spacial score (nSPS) is 11.3. The number of halogens is 1. The van der Waals surface area contributed by atoms with Crippen molar-refractivity contribution in [1.29, 1.82) is 0 Å². The van der Waals surface area contributed by atoms with E-state index in [0.29, 0.717) is 0 Å². The molecule has 0 atom stereocenters. The Morgan fingerprint density at radius 2 is 2.05 bits per heavy atom. The summed E-state index contributed by atoms with van der Waals surface area (Å²) in [4.78, 5) is 6.47. The Morgan fingerprint density at radius 1 is 1.35 bits per heavy atom. The fraction of sp³-hybridized carbons (Fsp3) is 0.438. The maximum atomic E-state index is 4.32. The first-order valence-electron chi connectivity index (χ1n) is 6.76. The van der Waals surface area contributed by atoms with E-state index in [1.54, 1.807) is 0 Å². The number of benzene rings is 1. The lowest BCUT2D eigenvalue weighted by Crippen LogP contribution is -2.38. The topological polar surface area (TPSA) is 27.6 Å². The van der Waals surface area contributed by atoms with Crippen LogP contribution in [-0.4, -0.2) is 31.5 Å². The smallest absolute Gasteiger partial charge is 0.193 e. The van der Waals surface area contributed by atoms with Gasteiger partial charge in [-0.1, -0.05) is 36.4 Å². The standard InChI is InChI=1S/C16H25N3.HI/c1-5-6-9-12-18-16(17-3)19(4)13-15-11-8-7-10-14(15)2;/h5-8,10-11H,9,12-13H2,1-4H3,(H,17,18);1H/b6-5+;. The molecule has 0 aliphatic rings. The Bertz CT molecular complexity index is 441. The Balaban J connectivity index is 0.00000361. The molecule has 1 aromatic rings. The number of aliphatic imine (C=N–C) groups is 1. The van der Waals surface area contributed by atoms with Gasteiger partial charge in [0, 0.05) is 27.2 Å². The summed E-state index contributed by atoms with van der Waals surface area (Å²) in [6.07, 6.45) is 5.25. The maximum absolute atomic E-state index is 4.32. The van der Waals surface area contributed by atoms with E-state index in [2.05, 4.69) is 65.6 Å². The van der Waals surface area contributed by atoms with Crippen LogP contribution < -0.4 is 5.32 Å². The first kappa shape index (κ1) is 19.0. The van der Waals surface area contributed by atoms with Crippen LogP contribution in [0, 0.1) is 6.92 Å². The molecule has 0 saturated carbocycles. The third-order valence-corrected chi connectivity index (χ3v) is 3.07. The van der Waals surface area contributed by atoms with Crippen molar-refractivity contribution in [2.75, 3.05) is 20.6 Å². The van der Waals surface area contributed by atoms with Gasteiger partial charge in [-0.25, -0.2) is 0 Å². The lowest BCUT2D eigenvalue weighted by molar-refractivity contribution is 0.476. The monoisotopic (exact) mass is 387 g/mol. The molecule has 112 valence electrons. The SMILES string of the molecule is C/C=C/CCNC(=NC)N(C)Cc1ccccc1C.I. The molecule has 1 rings (SSSR count). The highest BCUT2D eigenvalue weighted by Gasteiger charge is 2.06. The lowest BCUT2D eigenvalue weighted by atomic mass is 10.1. The van der Waals surface area contributed by atoms with Crippen molar-refractivity contribution in [2.24, 2.45) is 4.99 Å². The quantitative estimate of drug-likeness (QED) is 0.275. The van der Waals surface area contributed by atoms with Crippen molar-refractivity contribution in [3.8, 4) is 0 Å². The van der Waals surface area contributed by atoms with E-state index >= 15 is 0 Å². The molecule has 20 heavy (non-hydrogen) atoms. The van der Waals surface area contributed by atoms with Crippen LogP contribution in [0.1, 0.15) is 24.5 Å². The summed E-state index contributed by atoms with van der Waals surface area (Å²) in [7, 11) is 3.89. The van der Waals surface area contributed by atoms with Crippen LogP contribution in [0.4, 0.5) is 0 Å². The third kappa shape index (κ3) is 6.41. The molecule has 0 heterocycles. The second kappa shape index (κ2) is 10.7. The minimum atomic E-state index is 0. The zero-order chi connectivity index (χ0) is 14.1. The van der Waals surface area contributed by atoms with Gasteiger partial charge in [0.1, 0.15) is 0 Å². The number of hydrogen-bond donors (Lipinski definition) is 1. The number of nitrogens with zero attached hydrogens (tertiary/aromatic N) is 2. The van der Waals surface area contributed by atoms with Crippen molar-refractivity contribution < 1.29 is 0 Å². The van der Waals surface area contributed by atoms with Crippen LogP contribution in [0.2, 0.25) is 0 Å². The average molecular weight is 387 g/mol. The van der Waals surface area contributed by atoms with E-state index in [0.717, 1.165) is 25.5 Å². The van der Waals surface area contributed by atoms with Gasteiger partial charge in [0.05, 0.1) is 0 Å². The summed E-state index contributed by atoms with van der Waals surface area (Å²) < 4.78 is 0. The Morgan fingerprint density at radius 3 is 2.65 bits per heavy atom. The molecule has 0 amide bonds. The molecule has 0 fully saturated rings. The van der Waals surface area contributed by atoms with Gasteiger partial charge in [0.25, 0.3) is 0 Å². The lowest BCUT2D eigenvalue weighted by Gasteiger charge is -2.22.